The van der Waals surface area contributed by atoms with Crippen molar-refractivity contribution >= 4 is 33.8 Å². The van der Waals surface area contributed by atoms with Crippen LogP contribution in [0, 0.1) is 0 Å². The topological polar surface area (TPSA) is 0 Å². The maximum absolute atomic E-state index is 2.31. The van der Waals surface area contributed by atoms with Crippen LogP contribution in [0.2, 0.25) is 2.52 Å². The minimum absolute atomic E-state index is 0.184. The first-order valence-electron chi connectivity index (χ1n) is 3.28. The fourth-order valence-corrected chi connectivity index (χ4v) is 3.05. The summed E-state index contributed by atoms with van der Waals surface area (Å²) in [4.78, 5) is 0. The summed E-state index contributed by atoms with van der Waals surface area (Å²) in [6.45, 7) is 2.30. The number of rotatable bonds is 2. The molecule has 40 valence electrons. The summed E-state index contributed by atoms with van der Waals surface area (Å²) in [5.74, 6) is 0. The SMILES string of the molecule is C[CH2][Ca][C]1=CC=CC1. The van der Waals surface area contributed by atoms with E-state index >= 15 is 0 Å². The van der Waals surface area contributed by atoms with Gasteiger partial charge in [-0.15, -0.1) is 0 Å². The summed E-state index contributed by atoms with van der Waals surface area (Å²) < 4.78 is 3.25. The third kappa shape index (κ3) is 1.93. The van der Waals surface area contributed by atoms with Crippen molar-refractivity contribution in [1.29, 1.82) is 0 Å². The van der Waals surface area contributed by atoms with E-state index in [1.807, 2.05) is 0 Å². The predicted octanol–water partition coefficient (Wildman–Crippen LogP) is 1.97. The van der Waals surface area contributed by atoms with Crippen molar-refractivity contribution in [1.82, 2.24) is 0 Å². The van der Waals surface area contributed by atoms with E-state index in [2.05, 4.69) is 25.2 Å². The predicted molar refractivity (Wildman–Crippen MR) is 38.1 cm³/mol. The van der Waals surface area contributed by atoms with Crippen LogP contribution in [0.3, 0.4) is 0 Å². The van der Waals surface area contributed by atoms with Gasteiger partial charge in [-0.25, -0.2) is 0 Å². The van der Waals surface area contributed by atoms with Crippen LogP contribution in [0.15, 0.2) is 19.9 Å². The molecule has 1 aliphatic carbocycles. The molecule has 0 nitrogen and oxygen atoms in total. The first-order valence-corrected chi connectivity index (χ1v) is 5.94. The molecule has 0 fully saturated rings. The Morgan fingerprint density at radius 2 is 2.62 bits per heavy atom. The fourth-order valence-electron chi connectivity index (χ4n) is 0.998. The quantitative estimate of drug-likeness (QED) is 0.506. The third-order valence-electron chi connectivity index (χ3n) is 1.42. The molecule has 0 bridgehead atoms. The van der Waals surface area contributed by atoms with Crippen molar-refractivity contribution in [3.63, 3.8) is 0 Å². The van der Waals surface area contributed by atoms with Crippen LogP contribution in [0.1, 0.15) is 13.3 Å². The van der Waals surface area contributed by atoms with E-state index < -0.39 is 0 Å². The van der Waals surface area contributed by atoms with Gasteiger partial charge in [-0.3, -0.25) is 0 Å². The van der Waals surface area contributed by atoms with E-state index in [9.17, 15) is 0 Å². The van der Waals surface area contributed by atoms with E-state index in [1.54, 1.807) is 1.67 Å². The van der Waals surface area contributed by atoms with Crippen LogP contribution in [-0.4, -0.2) is 33.8 Å². The second-order valence-electron chi connectivity index (χ2n) is 2.21. The average Bonchev–Trinajstić information content (AvgIpc) is 2.19. The molecule has 8 heavy (non-hydrogen) atoms. The summed E-state index contributed by atoms with van der Waals surface area (Å²) >= 11 is -0.184. The molecule has 0 N–H and O–H groups in total. The van der Waals surface area contributed by atoms with Crippen molar-refractivity contribution in [2.75, 3.05) is 0 Å². The van der Waals surface area contributed by atoms with Crippen LogP contribution in [0.4, 0.5) is 0 Å². The fraction of sp³-hybridized carbons (Fsp3) is 0.429. The molecule has 1 aliphatic rings. The second-order valence-corrected chi connectivity index (χ2v) is 5.97. The molecule has 0 spiro atoms. The van der Waals surface area contributed by atoms with Gasteiger partial charge in [0.15, 0.2) is 0 Å². The van der Waals surface area contributed by atoms with Crippen LogP contribution in [-0.2, 0) is 0 Å². The summed E-state index contributed by atoms with van der Waals surface area (Å²) in [6.07, 6.45) is 8.05. The Bertz CT molecular complexity index is 122. The van der Waals surface area contributed by atoms with E-state index in [0.29, 0.717) is 0 Å². The Labute approximate surface area is 69.0 Å². The van der Waals surface area contributed by atoms with Gasteiger partial charge in [-0.1, -0.05) is 0 Å². The minimum atomic E-state index is -0.184. The standard InChI is InChI=1S/C5H5.C2H5.Ca/c1-2-4-5-3-1;1-2;/h1-3H,4H2;1H2,2H3;. The molecule has 0 saturated carbocycles. The Morgan fingerprint density at radius 3 is 3.12 bits per heavy atom. The van der Waals surface area contributed by atoms with E-state index in [0.717, 1.165) is 0 Å². The van der Waals surface area contributed by atoms with Gasteiger partial charge in [0.25, 0.3) is 0 Å². The molecule has 0 radical (unpaired) electrons. The molecule has 0 aromatic heterocycles. The van der Waals surface area contributed by atoms with E-state index in [4.69, 9.17) is 0 Å². The summed E-state index contributed by atoms with van der Waals surface area (Å²) in [5, 5.41) is 0. The number of hydrogen-bond donors (Lipinski definition) is 0. The zero-order chi connectivity index (χ0) is 5.82. The van der Waals surface area contributed by atoms with Gasteiger partial charge >= 0.3 is 69.6 Å². The zero-order valence-corrected chi connectivity index (χ0v) is 7.56. The summed E-state index contributed by atoms with van der Waals surface area (Å²) in [7, 11) is 0. The summed E-state index contributed by atoms with van der Waals surface area (Å²) in [6, 6.07) is 0. The Morgan fingerprint density at radius 1 is 1.75 bits per heavy atom. The molecular formula is C7H10Ca. The Kier molecular flexibility index (Phi) is 3.18. The second kappa shape index (κ2) is 3.71. The van der Waals surface area contributed by atoms with Crippen molar-refractivity contribution in [3.8, 4) is 0 Å². The van der Waals surface area contributed by atoms with Gasteiger partial charge in [0.05, 0.1) is 0 Å². The monoisotopic (exact) mass is 134 g/mol. The van der Waals surface area contributed by atoms with Crippen molar-refractivity contribution in [2.45, 2.75) is 15.9 Å². The van der Waals surface area contributed by atoms with Gasteiger partial charge in [-0.2, -0.15) is 0 Å². The van der Waals surface area contributed by atoms with Crippen molar-refractivity contribution < 1.29 is 0 Å². The average molecular weight is 134 g/mol. The van der Waals surface area contributed by atoms with Crippen molar-refractivity contribution in [2.24, 2.45) is 0 Å². The first-order chi connectivity index (χ1) is 3.93. The molecular weight excluding hydrogens is 124 g/mol. The molecule has 1 heteroatoms. The number of hydrogen-bond acceptors (Lipinski definition) is 0. The molecule has 0 aromatic rings. The van der Waals surface area contributed by atoms with Crippen LogP contribution < -0.4 is 0 Å². The maximum atomic E-state index is 2.31. The molecule has 0 aromatic carbocycles. The molecule has 0 aliphatic heterocycles. The van der Waals surface area contributed by atoms with Gasteiger partial charge in [0.1, 0.15) is 0 Å². The molecule has 0 amide bonds. The Balaban J connectivity index is 2.28. The summed E-state index contributed by atoms with van der Waals surface area (Å²) in [5.41, 5.74) is 0. The van der Waals surface area contributed by atoms with Gasteiger partial charge < -0.3 is 0 Å². The normalized spacial score (nSPS) is 15.9. The molecule has 0 saturated heterocycles. The molecule has 0 atom stereocenters. The molecule has 0 heterocycles. The van der Waals surface area contributed by atoms with E-state index in [-0.39, 0.29) is 33.8 Å². The van der Waals surface area contributed by atoms with Crippen LogP contribution >= 0.6 is 0 Å². The van der Waals surface area contributed by atoms with Crippen molar-refractivity contribution in [3.05, 3.63) is 19.9 Å². The van der Waals surface area contributed by atoms with Crippen LogP contribution in [0.25, 0.3) is 0 Å². The van der Waals surface area contributed by atoms with Gasteiger partial charge in [-0.05, 0) is 0 Å². The van der Waals surface area contributed by atoms with Gasteiger partial charge in [0, 0.05) is 0 Å². The zero-order valence-electron chi connectivity index (χ0n) is 5.35. The van der Waals surface area contributed by atoms with Crippen LogP contribution in [0.5, 0.6) is 0 Å². The molecule has 1 rings (SSSR count). The third-order valence-corrected chi connectivity index (χ3v) is 4.02. The number of allylic oxidation sites excluding steroid dienone is 4. The Hall–Kier alpha value is 0.740. The van der Waals surface area contributed by atoms with Gasteiger partial charge in [0.2, 0.25) is 0 Å². The molecule has 0 unspecified atom stereocenters. The van der Waals surface area contributed by atoms with E-state index in [1.165, 1.54) is 8.94 Å². The first kappa shape index (κ1) is 6.85.